The molecule has 2 heterocycles. The average molecular weight is 409 g/mol. The average Bonchev–Trinajstić information content (AvgIpc) is 3.33. The van der Waals surface area contributed by atoms with E-state index in [1.165, 1.54) is 12.1 Å². The van der Waals surface area contributed by atoms with Crippen molar-refractivity contribution in [3.63, 3.8) is 0 Å². The van der Waals surface area contributed by atoms with E-state index in [1.54, 1.807) is 30.6 Å². The molecule has 0 aliphatic rings. The number of hydrogen-bond donors (Lipinski definition) is 1. The fourth-order valence-electron chi connectivity index (χ4n) is 3.04. The number of ether oxygens (including phenoxy) is 1. The number of amides is 1. The third-order valence-corrected chi connectivity index (χ3v) is 5.57. The Hall–Kier alpha value is -3.19. The molecule has 0 atom stereocenters. The van der Waals surface area contributed by atoms with Gasteiger partial charge in [0.1, 0.15) is 11.6 Å². The zero-order valence-corrected chi connectivity index (χ0v) is 16.7. The van der Waals surface area contributed by atoms with Crippen LogP contribution in [0.3, 0.4) is 0 Å². The smallest absolute Gasteiger partial charge is 0.220 e. The molecule has 0 aliphatic heterocycles. The maximum absolute atomic E-state index is 12.9. The van der Waals surface area contributed by atoms with E-state index < -0.39 is 0 Å². The molecule has 0 spiro atoms. The molecule has 0 saturated carbocycles. The molecule has 2 aromatic heterocycles. The van der Waals surface area contributed by atoms with Crippen LogP contribution in [-0.4, -0.2) is 22.4 Å². The first-order valence-electron chi connectivity index (χ1n) is 9.23. The maximum atomic E-state index is 12.9. The Morgan fingerprint density at radius 2 is 1.93 bits per heavy atom. The number of hydrogen-bond acceptors (Lipinski definition) is 4. The van der Waals surface area contributed by atoms with Crippen LogP contribution in [0.15, 0.2) is 60.1 Å². The first-order chi connectivity index (χ1) is 14.1. The summed E-state index contributed by atoms with van der Waals surface area (Å²) in [7, 11) is 1.64. The van der Waals surface area contributed by atoms with Crippen LogP contribution in [0.4, 0.5) is 4.39 Å². The molecule has 0 fully saturated rings. The number of nitrogens with zero attached hydrogens (tertiary/aromatic N) is 2. The van der Waals surface area contributed by atoms with Crippen LogP contribution in [-0.2, 0) is 17.8 Å². The van der Waals surface area contributed by atoms with Gasteiger partial charge < -0.3 is 10.1 Å². The Bertz CT molecular complexity index is 1120. The van der Waals surface area contributed by atoms with Crippen molar-refractivity contribution in [1.29, 1.82) is 0 Å². The summed E-state index contributed by atoms with van der Waals surface area (Å²) >= 11 is 1.56. The number of rotatable bonds is 7. The minimum atomic E-state index is -0.282. The van der Waals surface area contributed by atoms with Crippen LogP contribution in [0.2, 0.25) is 0 Å². The number of methoxy groups -OCH3 is 1. The molecule has 2 aromatic carbocycles. The molecular weight excluding hydrogens is 389 g/mol. The number of imidazole rings is 1. The quantitative estimate of drug-likeness (QED) is 0.490. The van der Waals surface area contributed by atoms with Gasteiger partial charge >= 0.3 is 0 Å². The SMILES string of the molecule is COc1ccc(-c2cn3c(CCC(=O)NCc4ccc(F)cc4)csc3n2)cc1. The number of aryl methyl sites for hydroxylation is 1. The molecule has 1 N–H and O–H groups in total. The molecule has 0 aliphatic carbocycles. The number of benzene rings is 2. The number of nitrogens with one attached hydrogen (secondary N) is 1. The lowest BCUT2D eigenvalue weighted by Crippen LogP contribution is -2.23. The van der Waals surface area contributed by atoms with Crippen molar-refractivity contribution in [2.45, 2.75) is 19.4 Å². The zero-order chi connectivity index (χ0) is 20.2. The summed E-state index contributed by atoms with van der Waals surface area (Å²) in [6.45, 7) is 0.394. The predicted molar refractivity (Wildman–Crippen MR) is 112 cm³/mol. The molecule has 4 rings (SSSR count). The second kappa shape index (κ2) is 8.45. The predicted octanol–water partition coefficient (Wildman–Crippen LogP) is 4.46. The summed E-state index contributed by atoms with van der Waals surface area (Å²) in [5.74, 6) is 0.488. The van der Waals surface area contributed by atoms with E-state index in [-0.39, 0.29) is 11.7 Å². The Labute approximate surface area is 171 Å². The van der Waals surface area contributed by atoms with Crippen LogP contribution in [0.1, 0.15) is 17.7 Å². The minimum absolute atomic E-state index is 0.0378. The number of fused-ring (bicyclic) bond motifs is 1. The molecule has 0 radical (unpaired) electrons. The Balaban J connectivity index is 1.38. The lowest BCUT2D eigenvalue weighted by molar-refractivity contribution is -0.121. The van der Waals surface area contributed by atoms with Crippen molar-refractivity contribution in [2.75, 3.05) is 7.11 Å². The van der Waals surface area contributed by atoms with Crippen LogP contribution in [0.5, 0.6) is 5.75 Å². The molecular formula is C22H20FN3O2S. The van der Waals surface area contributed by atoms with E-state index in [2.05, 4.69) is 10.3 Å². The third-order valence-electron chi connectivity index (χ3n) is 4.68. The van der Waals surface area contributed by atoms with E-state index in [9.17, 15) is 9.18 Å². The second-order valence-corrected chi connectivity index (χ2v) is 7.47. The highest BCUT2D eigenvalue weighted by molar-refractivity contribution is 7.15. The van der Waals surface area contributed by atoms with Crippen molar-refractivity contribution in [3.05, 3.63) is 77.2 Å². The maximum Gasteiger partial charge on any atom is 0.220 e. The molecule has 4 aromatic rings. The monoisotopic (exact) mass is 409 g/mol. The lowest BCUT2D eigenvalue weighted by atomic mass is 10.1. The van der Waals surface area contributed by atoms with Crippen molar-refractivity contribution >= 4 is 22.2 Å². The normalized spacial score (nSPS) is 11.0. The first-order valence-corrected chi connectivity index (χ1v) is 10.1. The molecule has 1 amide bonds. The van der Waals surface area contributed by atoms with Gasteiger partial charge in [0.15, 0.2) is 4.96 Å². The van der Waals surface area contributed by atoms with Gasteiger partial charge in [-0.3, -0.25) is 9.20 Å². The molecule has 0 saturated heterocycles. The van der Waals surface area contributed by atoms with Crippen LogP contribution in [0.25, 0.3) is 16.2 Å². The second-order valence-electron chi connectivity index (χ2n) is 6.64. The first kappa shape index (κ1) is 19.1. The number of carbonyl (C=O) groups excluding carboxylic acids is 1. The van der Waals surface area contributed by atoms with Crippen LogP contribution < -0.4 is 10.1 Å². The largest absolute Gasteiger partial charge is 0.497 e. The molecule has 5 nitrogen and oxygen atoms in total. The molecule has 148 valence electrons. The summed E-state index contributed by atoms with van der Waals surface area (Å²) in [5, 5.41) is 4.91. The summed E-state index contributed by atoms with van der Waals surface area (Å²) in [6.07, 6.45) is 3.00. The standard InChI is InChI=1S/C22H20FN3O2S/c1-28-19-9-4-16(5-10-19)20-13-26-18(14-29-22(26)25-20)8-11-21(27)24-12-15-2-6-17(23)7-3-15/h2-7,9-10,13-14H,8,11-12H2,1H3,(H,24,27). The van der Waals surface area contributed by atoms with Crippen molar-refractivity contribution in [1.82, 2.24) is 14.7 Å². The summed E-state index contributed by atoms with van der Waals surface area (Å²) in [4.78, 5) is 17.8. The van der Waals surface area contributed by atoms with Gasteiger partial charge in [-0.25, -0.2) is 9.37 Å². The molecule has 29 heavy (non-hydrogen) atoms. The van der Waals surface area contributed by atoms with Crippen molar-refractivity contribution in [2.24, 2.45) is 0 Å². The third kappa shape index (κ3) is 4.46. The van der Waals surface area contributed by atoms with Crippen molar-refractivity contribution < 1.29 is 13.9 Å². The van der Waals surface area contributed by atoms with E-state index in [0.29, 0.717) is 19.4 Å². The van der Waals surface area contributed by atoms with Gasteiger partial charge in [0.25, 0.3) is 0 Å². The van der Waals surface area contributed by atoms with Gasteiger partial charge in [-0.05, 0) is 48.4 Å². The van der Waals surface area contributed by atoms with E-state index >= 15 is 0 Å². The Kier molecular flexibility index (Phi) is 5.57. The van der Waals surface area contributed by atoms with Gasteiger partial charge in [0.05, 0.1) is 12.8 Å². The molecule has 0 unspecified atom stereocenters. The number of aromatic nitrogens is 2. The van der Waals surface area contributed by atoms with Gasteiger partial charge in [-0.2, -0.15) is 0 Å². The van der Waals surface area contributed by atoms with E-state index in [4.69, 9.17) is 4.74 Å². The lowest BCUT2D eigenvalue weighted by Gasteiger charge is -2.05. The van der Waals surface area contributed by atoms with Gasteiger partial charge in [-0.15, -0.1) is 11.3 Å². The number of thiazole rings is 1. The Morgan fingerprint density at radius 3 is 2.66 bits per heavy atom. The highest BCUT2D eigenvalue weighted by Gasteiger charge is 2.11. The molecule has 7 heteroatoms. The highest BCUT2D eigenvalue weighted by Crippen LogP contribution is 2.25. The molecule has 0 bridgehead atoms. The Morgan fingerprint density at radius 1 is 1.17 bits per heavy atom. The zero-order valence-electron chi connectivity index (χ0n) is 15.9. The van der Waals surface area contributed by atoms with Gasteiger partial charge in [0.2, 0.25) is 5.91 Å². The van der Waals surface area contributed by atoms with Crippen LogP contribution in [0, 0.1) is 5.82 Å². The summed E-state index contributed by atoms with van der Waals surface area (Å²) < 4.78 is 20.2. The topological polar surface area (TPSA) is 55.6 Å². The fraction of sp³-hybridized carbons (Fsp3) is 0.182. The van der Waals surface area contributed by atoms with Gasteiger partial charge in [0, 0.05) is 35.8 Å². The van der Waals surface area contributed by atoms with Crippen molar-refractivity contribution in [3.8, 4) is 17.0 Å². The van der Waals surface area contributed by atoms with E-state index in [1.807, 2.05) is 40.2 Å². The van der Waals surface area contributed by atoms with Gasteiger partial charge in [-0.1, -0.05) is 12.1 Å². The summed E-state index contributed by atoms with van der Waals surface area (Å²) in [5.41, 5.74) is 3.83. The number of halogens is 1. The summed E-state index contributed by atoms with van der Waals surface area (Å²) in [6, 6.07) is 13.9. The fourth-order valence-corrected chi connectivity index (χ4v) is 3.95. The van der Waals surface area contributed by atoms with Crippen LogP contribution >= 0.6 is 11.3 Å². The minimum Gasteiger partial charge on any atom is -0.497 e. The van der Waals surface area contributed by atoms with E-state index in [0.717, 1.165) is 33.2 Å². The number of carbonyl (C=O) groups is 1. The highest BCUT2D eigenvalue weighted by atomic mass is 32.1.